The predicted octanol–water partition coefficient (Wildman–Crippen LogP) is 3.97. The Morgan fingerprint density at radius 1 is 0.889 bits per heavy atom. The summed E-state index contributed by atoms with van der Waals surface area (Å²) in [4.78, 5) is 27.9. The molecular weight excluding hydrogens is 474 g/mol. The van der Waals surface area contributed by atoms with E-state index >= 15 is 0 Å². The molecule has 0 unspecified atom stereocenters. The van der Waals surface area contributed by atoms with E-state index in [9.17, 15) is 18.0 Å². The summed E-state index contributed by atoms with van der Waals surface area (Å²) in [7, 11) is -2.55. The van der Waals surface area contributed by atoms with E-state index < -0.39 is 28.5 Å². The molecule has 7 nitrogen and oxygen atoms in total. The monoisotopic (exact) mass is 507 g/mol. The number of carbonyl (C=O) groups excluding carboxylic acids is 2. The van der Waals surface area contributed by atoms with E-state index in [2.05, 4.69) is 5.32 Å². The first-order chi connectivity index (χ1) is 17.1. The second-order valence-electron chi connectivity index (χ2n) is 8.85. The largest absolute Gasteiger partial charge is 0.357 e. The lowest BCUT2D eigenvalue weighted by molar-refractivity contribution is -0.139. The topological polar surface area (TPSA) is 86.8 Å². The van der Waals surface area contributed by atoms with Crippen LogP contribution in [0.15, 0.2) is 77.7 Å². The Morgan fingerprint density at radius 3 is 2.14 bits per heavy atom. The Kier molecular flexibility index (Phi) is 8.53. The van der Waals surface area contributed by atoms with Crippen molar-refractivity contribution >= 4 is 27.5 Å². The third-order valence-electron chi connectivity index (χ3n) is 6.25. The Balaban J connectivity index is 2.07. The fraction of sp³-hybridized carbons (Fsp3) is 0.286. The molecule has 0 spiro atoms. The van der Waals surface area contributed by atoms with Gasteiger partial charge in [-0.25, -0.2) is 8.42 Å². The Morgan fingerprint density at radius 2 is 1.53 bits per heavy atom. The van der Waals surface area contributed by atoms with Crippen LogP contribution in [0.1, 0.15) is 29.2 Å². The van der Waals surface area contributed by atoms with Gasteiger partial charge in [-0.15, -0.1) is 0 Å². The summed E-state index contributed by atoms with van der Waals surface area (Å²) in [5.74, 6) is -0.810. The first-order valence-corrected chi connectivity index (χ1v) is 13.2. The molecule has 1 atom stereocenters. The van der Waals surface area contributed by atoms with Crippen molar-refractivity contribution in [1.82, 2.24) is 10.2 Å². The molecule has 8 heteroatoms. The Labute approximate surface area is 213 Å². The molecule has 0 bridgehead atoms. The summed E-state index contributed by atoms with van der Waals surface area (Å²) in [6.45, 7) is 7.04. The number of benzene rings is 3. The molecule has 0 radical (unpaired) electrons. The zero-order valence-electron chi connectivity index (χ0n) is 21.4. The van der Waals surface area contributed by atoms with Crippen molar-refractivity contribution in [2.75, 3.05) is 17.9 Å². The van der Waals surface area contributed by atoms with Gasteiger partial charge < -0.3 is 10.2 Å². The van der Waals surface area contributed by atoms with Gasteiger partial charge in [0.25, 0.3) is 10.0 Å². The molecule has 190 valence electrons. The minimum atomic E-state index is -4.07. The van der Waals surface area contributed by atoms with Gasteiger partial charge in [0.15, 0.2) is 0 Å². The molecule has 0 heterocycles. The fourth-order valence-corrected chi connectivity index (χ4v) is 5.58. The van der Waals surface area contributed by atoms with Crippen LogP contribution in [-0.2, 0) is 26.2 Å². The van der Waals surface area contributed by atoms with Gasteiger partial charge in [0.2, 0.25) is 11.8 Å². The molecule has 0 aliphatic heterocycles. The lowest BCUT2D eigenvalue weighted by Crippen LogP contribution is -2.50. The number of hydrogen-bond donors (Lipinski definition) is 1. The number of hydrogen-bond acceptors (Lipinski definition) is 4. The zero-order chi connectivity index (χ0) is 26.5. The van der Waals surface area contributed by atoms with Crippen molar-refractivity contribution in [2.45, 2.75) is 45.2 Å². The summed E-state index contributed by atoms with van der Waals surface area (Å²) in [5.41, 5.74) is 3.98. The van der Waals surface area contributed by atoms with E-state index in [1.165, 1.54) is 24.1 Å². The Hall–Kier alpha value is -3.65. The van der Waals surface area contributed by atoms with Crippen LogP contribution in [0.2, 0.25) is 0 Å². The van der Waals surface area contributed by atoms with Gasteiger partial charge >= 0.3 is 0 Å². The van der Waals surface area contributed by atoms with Crippen LogP contribution in [0.5, 0.6) is 0 Å². The molecule has 0 aromatic heterocycles. The van der Waals surface area contributed by atoms with Crippen LogP contribution in [0.25, 0.3) is 0 Å². The van der Waals surface area contributed by atoms with Crippen molar-refractivity contribution in [1.29, 1.82) is 0 Å². The van der Waals surface area contributed by atoms with Gasteiger partial charge in [0, 0.05) is 13.6 Å². The highest BCUT2D eigenvalue weighted by molar-refractivity contribution is 7.92. The second kappa shape index (κ2) is 11.4. The van der Waals surface area contributed by atoms with E-state index in [-0.39, 0.29) is 17.3 Å². The highest BCUT2D eigenvalue weighted by Crippen LogP contribution is 2.28. The lowest BCUT2D eigenvalue weighted by Gasteiger charge is -2.32. The van der Waals surface area contributed by atoms with E-state index in [4.69, 9.17) is 0 Å². The number of sulfonamides is 1. The second-order valence-corrected chi connectivity index (χ2v) is 10.7. The third kappa shape index (κ3) is 5.94. The lowest BCUT2D eigenvalue weighted by atomic mass is 10.1. The number of aryl methyl sites for hydroxylation is 3. The summed E-state index contributed by atoms with van der Waals surface area (Å²) < 4.78 is 28.7. The number of nitrogens with zero attached hydrogens (tertiary/aromatic N) is 2. The highest BCUT2D eigenvalue weighted by Gasteiger charge is 2.33. The molecule has 36 heavy (non-hydrogen) atoms. The number of nitrogens with one attached hydrogen (secondary N) is 1. The molecular formula is C28H33N3O4S. The number of likely N-dealkylation sites (N-methyl/N-ethyl adjacent to an activating group) is 1. The van der Waals surface area contributed by atoms with Gasteiger partial charge in [0.1, 0.15) is 12.6 Å². The van der Waals surface area contributed by atoms with Crippen molar-refractivity contribution < 1.29 is 18.0 Å². The molecule has 2 amide bonds. The first kappa shape index (κ1) is 26.9. The quantitative estimate of drug-likeness (QED) is 0.475. The zero-order valence-corrected chi connectivity index (χ0v) is 22.2. The molecule has 0 aliphatic carbocycles. The summed E-state index contributed by atoms with van der Waals surface area (Å²) in [5, 5.41) is 2.59. The van der Waals surface area contributed by atoms with Crippen molar-refractivity contribution in [2.24, 2.45) is 0 Å². The fourth-order valence-electron chi connectivity index (χ4n) is 4.08. The van der Waals surface area contributed by atoms with E-state index in [0.717, 1.165) is 26.6 Å². The van der Waals surface area contributed by atoms with Gasteiger partial charge in [-0.2, -0.15) is 0 Å². The van der Waals surface area contributed by atoms with Crippen molar-refractivity contribution in [3.8, 4) is 0 Å². The molecule has 3 aromatic carbocycles. The van der Waals surface area contributed by atoms with Crippen molar-refractivity contribution in [3.63, 3.8) is 0 Å². The minimum Gasteiger partial charge on any atom is -0.357 e. The van der Waals surface area contributed by atoms with Gasteiger partial charge in [-0.05, 0) is 62.6 Å². The van der Waals surface area contributed by atoms with E-state index in [1.807, 2.05) is 57.2 Å². The number of amides is 2. The molecule has 0 saturated heterocycles. The number of carbonyl (C=O) groups is 2. The van der Waals surface area contributed by atoms with E-state index in [1.54, 1.807) is 31.2 Å². The molecule has 0 saturated carbocycles. The standard InChI is InChI=1S/C28H33N3O4S/c1-20-15-16-26(22(3)17-20)31(36(34,35)25-13-7-6-8-14-25)19-27(32)30(23(4)28(33)29-5)18-24-12-10-9-11-21(24)2/h6-17,23H,18-19H2,1-5H3,(H,29,33)/t23-/m0/s1. The van der Waals surface area contributed by atoms with E-state index in [0.29, 0.717) is 5.69 Å². The predicted molar refractivity (Wildman–Crippen MR) is 142 cm³/mol. The molecule has 0 aliphatic rings. The van der Waals surface area contributed by atoms with Gasteiger partial charge in [-0.1, -0.05) is 60.2 Å². The molecule has 3 rings (SSSR count). The molecule has 1 N–H and O–H groups in total. The van der Waals surface area contributed by atoms with Gasteiger partial charge in [0.05, 0.1) is 10.6 Å². The summed E-state index contributed by atoms with van der Waals surface area (Å²) in [6, 6.07) is 20.3. The van der Waals surface area contributed by atoms with Crippen LogP contribution in [0, 0.1) is 20.8 Å². The average molecular weight is 508 g/mol. The first-order valence-electron chi connectivity index (χ1n) is 11.8. The maximum Gasteiger partial charge on any atom is 0.264 e. The SMILES string of the molecule is CNC(=O)[C@H](C)N(Cc1ccccc1C)C(=O)CN(c1ccc(C)cc1C)S(=O)(=O)c1ccccc1. The maximum absolute atomic E-state index is 13.8. The van der Waals surface area contributed by atoms with Crippen LogP contribution in [-0.4, -0.2) is 44.8 Å². The maximum atomic E-state index is 13.8. The smallest absolute Gasteiger partial charge is 0.264 e. The normalized spacial score (nSPS) is 12.0. The number of rotatable bonds is 9. The van der Waals surface area contributed by atoms with Crippen LogP contribution >= 0.6 is 0 Å². The molecule has 0 fully saturated rings. The summed E-state index contributed by atoms with van der Waals surface area (Å²) >= 11 is 0. The highest BCUT2D eigenvalue weighted by atomic mass is 32.2. The summed E-state index contributed by atoms with van der Waals surface area (Å²) in [6.07, 6.45) is 0. The minimum absolute atomic E-state index is 0.0857. The van der Waals surface area contributed by atoms with Gasteiger partial charge in [-0.3, -0.25) is 13.9 Å². The Bertz CT molecular complexity index is 1340. The molecule has 3 aromatic rings. The average Bonchev–Trinajstić information content (AvgIpc) is 2.86. The number of anilines is 1. The third-order valence-corrected chi connectivity index (χ3v) is 8.02. The van der Waals surface area contributed by atoms with Crippen LogP contribution in [0.3, 0.4) is 0 Å². The van der Waals surface area contributed by atoms with Crippen LogP contribution < -0.4 is 9.62 Å². The van der Waals surface area contributed by atoms with Crippen molar-refractivity contribution in [3.05, 3.63) is 95.1 Å². The van der Waals surface area contributed by atoms with Crippen LogP contribution in [0.4, 0.5) is 5.69 Å².